The second-order valence-corrected chi connectivity index (χ2v) is 4.82. The zero-order valence-corrected chi connectivity index (χ0v) is 10.2. The first-order valence-electron chi connectivity index (χ1n) is 5.28. The van der Waals surface area contributed by atoms with E-state index in [2.05, 4.69) is 17.2 Å². The summed E-state index contributed by atoms with van der Waals surface area (Å²) in [4.78, 5) is 11.5. The van der Waals surface area contributed by atoms with E-state index in [0.29, 0.717) is 0 Å². The number of aryl methyl sites for hydroxylation is 1. The molecule has 0 saturated carbocycles. The predicted octanol–water partition coefficient (Wildman–Crippen LogP) is 2.98. The van der Waals surface area contributed by atoms with Crippen molar-refractivity contribution in [2.24, 2.45) is 5.41 Å². The molecule has 0 unspecified atom stereocenters. The third-order valence-corrected chi connectivity index (χ3v) is 1.86. The van der Waals surface area contributed by atoms with Gasteiger partial charge in [0.1, 0.15) is 0 Å². The average molecular weight is 215 g/mol. The zero-order chi connectivity index (χ0) is 12.2. The van der Waals surface area contributed by atoms with Crippen LogP contribution in [0.25, 0.3) is 0 Å². The first-order valence-corrected chi connectivity index (χ1v) is 5.28. The minimum Gasteiger partial charge on any atom is -0.315 e. The van der Waals surface area contributed by atoms with Gasteiger partial charge in [0, 0.05) is 11.1 Å². The number of nitrogens with one attached hydrogen (secondary N) is 1. The minimum absolute atomic E-state index is 0.148. The highest BCUT2D eigenvalue weighted by Crippen LogP contribution is 2.10. The van der Waals surface area contributed by atoms with Gasteiger partial charge in [0.25, 0.3) is 5.91 Å². The van der Waals surface area contributed by atoms with Crippen molar-refractivity contribution in [3.8, 4) is 11.8 Å². The third kappa shape index (κ3) is 4.65. The maximum absolute atomic E-state index is 11.5. The zero-order valence-electron chi connectivity index (χ0n) is 10.2. The van der Waals surface area contributed by atoms with Crippen LogP contribution < -0.4 is 5.32 Å². The molecule has 0 aliphatic rings. The van der Waals surface area contributed by atoms with Gasteiger partial charge in [-0.25, -0.2) is 0 Å². The quantitative estimate of drug-likeness (QED) is 0.717. The fourth-order valence-corrected chi connectivity index (χ4v) is 1.04. The lowest BCUT2D eigenvalue weighted by Crippen LogP contribution is -2.10. The maximum Gasteiger partial charge on any atom is 0.300 e. The molecule has 0 atom stereocenters. The molecule has 1 amide bonds. The normalized spacial score (nSPS) is 10.2. The largest absolute Gasteiger partial charge is 0.315 e. The van der Waals surface area contributed by atoms with Crippen molar-refractivity contribution in [1.82, 2.24) is 0 Å². The van der Waals surface area contributed by atoms with Gasteiger partial charge in [0.05, 0.1) is 0 Å². The Morgan fingerprint density at radius 1 is 1.19 bits per heavy atom. The Balaban J connectivity index is 2.64. The Kier molecular flexibility index (Phi) is 3.73. The molecule has 84 valence electrons. The molecule has 0 bridgehead atoms. The van der Waals surface area contributed by atoms with E-state index in [1.165, 1.54) is 5.56 Å². The molecule has 0 aromatic heterocycles. The molecule has 1 rings (SSSR count). The molecule has 2 nitrogen and oxygen atoms in total. The highest BCUT2D eigenvalue weighted by Gasteiger charge is 2.05. The van der Waals surface area contributed by atoms with Crippen LogP contribution in [0.15, 0.2) is 24.3 Å². The van der Waals surface area contributed by atoms with Gasteiger partial charge in [0.15, 0.2) is 0 Å². The fraction of sp³-hybridized carbons (Fsp3) is 0.357. The number of carbonyl (C=O) groups excluding carboxylic acids is 1. The Hall–Kier alpha value is -1.75. The summed E-state index contributed by atoms with van der Waals surface area (Å²) in [5.74, 6) is 5.21. The number of amides is 1. The lowest BCUT2D eigenvalue weighted by molar-refractivity contribution is -0.111. The van der Waals surface area contributed by atoms with Crippen molar-refractivity contribution in [2.75, 3.05) is 5.32 Å². The van der Waals surface area contributed by atoms with E-state index in [-0.39, 0.29) is 11.3 Å². The SMILES string of the molecule is Cc1ccc(NC(=O)C#CC(C)(C)C)cc1. The van der Waals surface area contributed by atoms with Crippen molar-refractivity contribution in [3.63, 3.8) is 0 Å². The van der Waals surface area contributed by atoms with Crippen LogP contribution in [-0.4, -0.2) is 5.91 Å². The topological polar surface area (TPSA) is 29.1 Å². The van der Waals surface area contributed by atoms with Crippen LogP contribution in [0.5, 0.6) is 0 Å². The number of rotatable bonds is 1. The van der Waals surface area contributed by atoms with E-state index < -0.39 is 0 Å². The Morgan fingerprint density at radius 2 is 1.75 bits per heavy atom. The molecule has 16 heavy (non-hydrogen) atoms. The van der Waals surface area contributed by atoms with Crippen LogP contribution in [0, 0.1) is 24.2 Å². The highest BCUT2D eigenvalue weighted by atomic mass is 16.1. The predicted molar refractivity (Wildman–Crippen MR) is 67.0 cm³/mol. The van der Waals surface area contributed by atoms with Gasteiger partial charge in [-0.1, -0.05) is 23.6 Å². The number of anilines is 1. The van der Waals surface area contributed by atoms with E-state index in [4.69, 9.17) is 0 Å². The molecule has 1 aromatic carbocycles. The summed E-state index contributed by atoms with van der Waals surface area (Å²) in [5.41, 5.74) is 1.79. The first kappa shape index (κ1) is 12.3. The molecule has 0 saturated heterocycles. The van der Waals surface area contributed by atoms with Crippen molar-refractivity contribution in [2.45, 2.75) is 27.7 Å². The van der Waals surface area contributed by atoms with Crippen molar-refractivity contribution < 1.29 is 4.79 Å². The molecule has 0 spiro atoms. The Labute approximate surface area is 97.1 Å². The third-order valence-electron chi connectivity index (χ3n) is 1.86. The van der Waals surface area contributed by atoms with Crippen LogP contribution in [-0.2, 0) is 4.79 Å². The lowest BCUT2D eigenvalue weighted by atomic mass is 9.98. The average Bonchev–Trinajstić information content (AvgIpc) is 2.18. The van der Waals surface area contributed by atoms with E-state index in [9.17, 15) is 4.79 Å². The smallest absolute Gasteiger partial charge is 0.300 e. The summed E-state index contributed by atoms with van der Waals surface area (Å²) >= 11 is 0. The van der Waals surface area contributed by atoms with Crippen molar-refractivity contribution in [1.29, 1.82) is 0 Å². The van der Waals surface area contributed by atoms with E-state index in [1.54, 1.807) is 0 Å². The monoisotopic (exact) mass is 215 g/mol. The molecule has 1 aromatic rings. The van der Waals surface area contributed by atoms with Gasteiger partial charge in [-0.3, -0.25) is 4.79 Å². The summed E-state index contributed by atoms with van der Waals surface area (Å²) in [6, 6.07) is 7.64. The van der Waals surface area contributed by atoms with Gasteiger partial charge in [-0.05, 0) is 45.7 Å². The number of carbonyl (C=O) groups is 1. The Morgan fingerprint density at radius 3 is 2.25 bits per heavy atom. The molecule has 0 aliphatic heterocycles. The van der Waals surface area contributed by atoms with Gasteiger partial charge >= 0.3 is 0 Å². The summed E-state index contributed by atoms with van der Waals surface area (Å²) < 4.78 is 0. The number of hydrogen-bond acceptors (Lipinski definition) is 1. The molecule has 0 radical (unpaired) electrons. The van der Waals surface area contributed by atoms with Crippen molar-refractivity contribution in [3.05, 3.63) is 29.8 Å². The van der Waals surface area contributed by atoms with Crippen LogP contribution in [0.3, 0.4) is 0 Å². The molecule has 2 heteroatoms. The van der Waals surface area contributed by atoms with Crippen LogP contribution >= 0.6 is 0 Å². The van der Waals surface area contributed by atoms with Crippen LogP contribution in [0.2, 0.25) is 0 Å². The molecule has 1 N–H and O–H groups in total. The van der Waals surface area contributed by atoms with E-state index in [1.807, 2.05) is 52.0 Å². The molecule has 0 aliphatic carbocycles. The Bertz CT molecular complexity index is 427. The maximum atomic E-state index is 11.5. The molecule has 0 heterocycles. The summed E-state index contributed by atoms with van der Waals surface area (Å²) in [5, 5.41) is 2.73. The summed E-state index contributed by atoms with van der Waals surface area (Å²) in [6.07, 6.45) is 0. The van der Waals surface area contributed by atoms with Gasteiger partial charge in [-0.15, -0.1) is 0 Å². The fourth-order valence-electron chi connectivity index (χ4n) is 1.04. The highest BCUT2D eigenvalue weighted by molar-refractivity contribution is 6.04. The van der Waals surface area contributed by atoms with Crippen LogP contribution in [0.1, 0.15) is 26.3 Å². The van der Waals surface area contributed by atoms with Gasteiger partial charge in [-0.2, -0.15) is 0 Å². The van der Waals surface area contributed by atoms with Gasteiger partial charge in [0.2, 0.25) is 0 Å². The van der Waals surface area contributed by atoms with Crippen LogP contribution in [0.4, 0.5) is 5.69 Å². The van der Waals surface area contributed by atoms with Gasteiger partial charge < -0.3 is 5.32 Å². The molecule has 0 fully saturated rings. The number of benzene rings is 1. The first-order chi connectivity index (χ1) is 7.37. The summed E-state index contributed by atoms with van der Waals surface area (Å²) in [7, 11) is 0. The van der Waals surface area contributed by atoms with E-state index >= 15 is 0 Å². The number of hydrogen-bond donors (Lipinski definition) is 1. The standard InChI is InChI=1S/C14H17NO/c1-11-5-7-12(8-6-11)15-13(16)9-10-14(2,3)4/h5-8H,1-4H3,(H,15,16). The summed E-state index contributed by atoms with van der Waals surface area (Å²) in [6.45, 7) is 7.92. The second kappa shape index (κ2) is 4.85. The second-order valence-electron chi connectivity index (χ2n) is 4.82. The molecular formula is C14H17NO. The van der Waals surface area contributed by atoms with Crippen molar-refractivity contribution >= 4 is 11.6 Å². The van der Waals surface area contributed by atoms with E-state index in [0.717, 1.165) is 5.69 Å². The lowest BCUT2D eigenvalue weighted by Gasteiger charge is -2.06. The minimum atomic E-state index is -0.265. The molecular weight excluding hydrogens is 198 g/mol.